The molecule has 0 bridgehead atoms. The Labute approximate surface area is 196 Å². The summed E-state index contributed by atoms with van der Waals surface area (Å²) in [6.45, 7) is 5.98. The summed E-state index contributed by atoms with van der Waals surface area (Å²) < 4.78 is 57.0. The molecule has 0 unspecified atom stereocenters. The van der Waals surface area contributed by atoms with E-state index >= 15 is 0 Å². The van der Waals surface area contributed by atoms with Crippen LogP contribution in [0.2, 0.25) is 0 Å². The normalized spacial score (nSPS) is 12.1. The van der Waals surface area contributed by atoms with Gasteiger partial charge in [-0.2, -0.15) is 13.2 Å². The number of halogens is 3. The van der Waals surface area contributed by atoms with Gasteiger partial charge in [0.2, 0.25) is 11.2 Å². The Morgan fingerprint density at radius 1 is 0.971 bits per heavy atom. The van der Waals surface area contributed by atoms with Gasteiger partial charge in [-0.3, -0.25) is 4.79 Å². The maximum absolute atomic E-state index is 13.8. The van der Waals surface area contributed by atoms with Crippen molar-refractivity contribution in [1.82, 2.24) is 0 Å². The number of fused-ring (bicyclic) bond motifs is 1. The second kappa shape index (κ2) is 8.64. The topological polar surface area (TPSA) is 65.7 Å². The lowest BCUT2D eigenvalue weighted by Gasteiger charge is -2.19. The molecule has 0 fully saturated rings. The van der Waals surface area contributed by atoms with E-state index in [1.54, 1.807) is 29.6 Å². The molecule has 0 spiro atoms. The maximum atomic E-state index is 13.8. The Bertz CT molecular complexity index is 1400. The minimum Gasteiger partial charge on any atom is -0.449 e. The predicted molar refractivity (Wildman–Crippen MR) is 122 cm³/mol. The summed E-state index contributed by atoms with van der Waals surface area (Å²) >= 11 is 1.15. The summed E-state index contributed by atoms with van der Waals surface area (Å²) in [6, 6.07) is 13.3. The van der Waals surface area contributed by atoms with E-state index in [-0.39, 0.29) is 27.9 Å². The van der Waals surface area contributed by atoms with E-state index in [9.17, 15) is 22.8 Å². The molecule has 4 aromatic rings. The molecule has 5 nitrogen and oxygen atoms in total. The summed E-state index contributed by atoms with van der Waals surface area (Å²) in [5.41, 5.74) is -0.595. The lowest BCUT2D eigenvalue weighted by molar-refractivity contribution is -0.154. The van der Waals surface area contributed by atoms with Crippen molar-refractivity contribution in [3.63, 3.8) is 0 Å². The molecular weight excluding hydrogens is 469 g/mol. The van der Waals surface area contributed by atoms with Crippen molar-refractivity contribution < 1.29 is 31.9 Å². The highest BCUT2D eigenvalue weighted by Gasteiger charge is 2.40. The minimum absolute atomic E-state index is 0.0615. The lowest BCUT2D eigenvalue weighted by atomic mass is 9.87. The van der Waals surface area contributed by atoms with Crippen LogP contribution in [0.4, 0.5) is 13.2 Å². The van der Waals surface area contributed by atoms with E-state index in [0.29, 0.717) is 4.88 Å². The Morgan fingerprint density at radius 3 is 2.24 bits per heavy atom. The van der Waals surface area contributed by atoms with Crippen LogP contribution >= 0.6 is 11.3 Å². The molecule has 9 heteroatoms. The Hall–Kier alpha value is -3.59. The van der Waals surface area contributed by atoms with Gasteiger partial charge in [-0.25, -0.2) is 4.79 Å². The smallest absolute Gasteiger partial charge is 0.449 e. The number of carbonyl (C=O) groups excluding carboxylic acids is 1. The Morgan fingerprint density at radius 2 is 1.65 bits per heavy atom. The highest BCUT2D eigenvalue weighted by molar-refractivity contribution is 7.12. The maximum Gasteiger partial charge on any atom is 0.453 e. The van der Waals surface area contributed by atoms with Gasteiger partial charge in [0.1, 0.15) is 22.0 Å². The van der Waals surface area contributed by atoms with E-state index in [2.05, 4.69) is 0 Å². The van der Waals surface area contributed by atoms with Crippen LogP contribution in [-0.4, -0.2) is 5.97 Å². The molecule has 0 aliphatic carbocycles. The SMILES string of the molecule is CC(C)(C)c1ccc(Oc2c(C(F)(F)F)oc3cc(OC(=O)c4cccs4)ccc3c2=O)cc1. The number of ether oxygens (including phenoxy) is 2. The van der Waals surface area contributed by atoms with Crippen molar-refractivity contribution in [3.05, 3.63) is 86.4 Å². The highest BCUT2D eigenvalue weighted by atomic mass is 32.1. The van der Waals surface area contributed by atoms with Crippen molar-refractivity contribution in [1.29, 1.82) is 0 Å². The summed E-state index contributed by atoms with van der Waals surface area (Å²) in [6.07, 6.45) is -5.00. The molecule has 0 saturated heterocycles. The number of rotatable bonds is 4. The van der Waals surface area contributed by atoms with E-state index in [0.717, 1.165) is 23.0 Å². The monoisotopic (exact) mass is 488 g/mol. The first-order chi connectivity index (χ1) is 15.9. The fourth-order valence-corrected chi connectivity index (χ4v) is 3.79. The van der Waals surface area contributed by atoms with Gasteiger partial charge < -0.3 is 13.9 Å². The van der Waals surface area contributed by atoms with Gasteiger partial charge in [0, 0.05) is 6.07 Å². The average Bonchev–Trinajstić information content (AvgIpc) is 3.30. The lowest BCUT2D eigenvalue weighted by Crippen LogP contribution is -2.16. The van der Waals surface area contributed by atoms with Crippen LogP contribution in [0.15, 0.2) is 69.2 Å². The predicted octanol–water partition coefficient (Wildman–Crippen LogP) is 7.18. The highest BCUT2D eigenvalue weighted by Crippen LogP contribution is 2.39. The molecule has 2 aromatic carbocycles. The zero-order chi connectivity index (χ0) is 24.7. The largest absolute Gasteiger partial charge is 0.453 e. The Balaban J connectivity index is 1.74. The number of benzene rings is 2. The quantitative estimate of drug-likeness (QED) is 0.225. The van der Waals surface area contributed by atoms with Crippen LogP contribution in [0.3, 0.4) is 0 Å². The molecule has 4 rings (SSSR count). The first-order valence-corrected chi connectivity index (χ1v) is 11.0. The summed E-state index contributed by atoms with van der Waals surface area (Å²) in [4.78, 5) is 25.4. The third-order valence-electron chi connectivity index (χ3n) is 4.95. The molecule has 176 valence electrons. The van der Waals surface area contributed by atoms with Gasteiger partial charge in [0.25, 0.3) is 5.76 Å². The number of alkyl halides is 3. The van der Waals surface area contributed by atoms with Gasteiger partial charge in [0.05, 0.1) is 5.39 Å². The average molecular weight is 488 g/mol. The van der Waals surface area contributed by atoms with E-state index < -0.39 is 29.1 Å². The fraction of sp³-hybridized carbons (Fsp3) is 0.200. The summed E-state index contributed by atoms with van der Waals surface area (Å²) in [7, 11) is 0. The summed E-state index contributed by atoms with van der Waals surface area (Å²) in [5.74, 6) is -3.22. The van der Waals surface area contributed by atoms with E-state index in [1.807, 2.05) is 20.8 Å². The third-order valence-corrected chi connectivity index (χ3v) is 5.80. The first-order valence-electron chi connectivity index (χ1n) is 10.2. The molecule has 0 radical (unpaired) electrons. The van der Waals surface area contributed by atoms with Crippen molar-refractivity contribution >= 4 is 28.3 Å². The van der Waals surface area contributed by atoms with Crippen LogP contribution in [0, 0.1) is 0 Å². The second-order valence-electron chi connectivity index (χ2n) is 8.49. The third kappa shape index (κ3) is 4.84. The Kier molecular flexibility index (Phi) is 5.99. The van der Waals surface area contributed by atoms with Crippen molar-refractivity contribution in [3.8, 4) is 17.2 Å². The number of hydrogen-bond acceptors (Lipinski definition) is 6. The molecular formula is C25H19F3O5S. The van der Waals surface area contributed by atoms with Crippen LogP contribution in [0.25, 0.3) is 11.0 Å². The molecule has 0 saturated carbocycles. The van der Waals surface area contributed by atoms with Crippen LogP contribution in [-0.2, 0) is 11.6 Å². The van der Waals surface area contributed by atoms with Gasteiger partial charge in [0.15, 0.2) is 0 Å². The second-order valence-corrected chi connectivity index (χ2v) is 9.44. The van der Waals surface area contributed by atoms with Crippen molar-refractivity contribution in [2.45, 2.75) is 32.4 Å². The molecule has 0 aliphatic rings. The van der Waals surface area contributed by atoms with Crippen molar-refractivity contribution in [2.24, 2.45) is 0 Å². The zero-order valence-electron chi connectivity index (χ0n) is 18.4. The van der Waals surface area contributed by atoms with Crippen LogP contribution in [0.5, 0.6) is 17.2 Å². The summed E-state index contributed by atoms with van der Waals surface area (Å²) in [5, 5.41) is 1.54. The van der Waals surface area contributed by atoms with E-state index in [4.69, 9.17) is 13.9 Å². The van der Waals surface area contributed by atoms with E-state index in [1.165, 1.54) is 24.3 Å². The number of hydrogen-bond donors (Lipinski definition) is 0. The molecule has 34 heavy (non-hydrogen) atoms. The molecule has 0 atom stereocenters. The number of esters is 1. The number of thiophene rings is 1. The first kappa shape index (κ1) is 23.6. The standard InChI is InChI=1S/C25H19F3O5S/c1-24(2,3)14-6-8-15(9-7-14)31-21-20(29)17-11-10-16(32-23(30)19-5-4-12-34-19)13-18(17)33-22(21)25(26,27)28/h4-13H,1-3H3. The minimum atomic E-state index is -5.00. The molecule has 2 heterocycles. The van der Waals surface area contributed by atoms with Gasteiger partial charge >= 0.3 is 12.1 Å². The molecule has 0 amide bonds. The molecule has 2 aromatic heterocycles. The van der Waals surface area contributed by atoms with Gasteiger partial charge in [-0.15, -0.1) is 11.3 Å². The van der Waals surface area contributed by atoms with Gasteiger partial charge in [-0.05, 0) is 46.7 Å². The van der Waals surface area contributed by atoms with Crippen molar-refractivity contribution in [2.75, 3.05) is 0 Å². The van der Waals surface area contributed by atoms with Crippen LogP contribution < -0.4 is 14.9 Å². The molecule has 0 N–H and O–H groups in total. The molecule has 0 aliphatic heterocycles. The zero-order valence-corrected chi connectivity index (χ0v) is 19.2. The fourth-order valence-electron chi connectivity index (χ4n) is 3.19. The number of carbonyl (C=O) groups is 1. The van der Waals surface area contributed by atoms with Gasteiger partial charge in [-0.1, -0.05) is 39.0 Å². The van der Waals surface area contributed by atoms with Crippen LogP contribution in [0.1, 0.15) is 41.8 Å².